The lowest BCUT2D eigenvalue weighted by atomic mass is 10.1. The van der Waals surface area contributed by atoms with Gasteiger partial charge in [-0.05, 0) is 36.3 Å². The van der Waals surface area contributed by atoms with E-state index in [-0.39, 0.29) is 13.5 Å². The van der Waals surface area contributed by atoms with Gasteiger partial charge in [0, 0.05) is 0 Å². The molecule has 2 heteroatoms. The zero-order valence-corrected chi connectivity index (χ0v) is 8.29. The van der Waals surface area contributed by atoms with Crippen LogP contribution in [0.25, 0.3) is 0 Å². The van der Waals surface area contributed by atoms with Crippen LogP contribution >= 0.6 is 0 Å². The van der Waals surface area contributed by atoms with E-state index in [2.05, 4.69) is 19.9 Å². The fourth-order valence-corrected chi connectivity index (χ4v) is 1.53. The fourth-order valence-electron chi connectivity index (χ4n) is 1.53. The van der Waals surface area contributed by atoms with Crippen molar-refractivity contribution in [3.63, 3.8) is 0 Å². The molecule has 1 aromatic rings. The Bertz CT molecular complexity index is 286. The lowest BCUT2D eigenvalue weighted by Gasteiger charge is -2.04. The van der Waals surface area contributed by atoms with Crippen molar-refractivity contribution in [1.29, 1.82) is 0 Å². The topological polar surface area (TPSA) is 39.2 Å². The van der Waals surface area contributed by atoms with Gasteiger partial charge in [-0.3, -0.25) is 0 Å². The van der Waals surface area contributed by atoms with Crippen LogP contribution in [0.4, 0.5) is 0 Å². The van der Waals surface area contributed by atoms with Gasteiger partial charge in [0.15, 0.2) is 0 Å². The van der Waals surface area contributed by atoms with Crippen LogP contribution in [0, 0.1) is 5.92 Å². The Morgan fingerprint density at radius 3 is 2.50 bits per heavy atom. The highest BCUT2D eigenvalue weighted by Gasteiger charge is 2.31. The van der Waals surface area contributed by atoms with Crippen LogP contribution in [0.3, 0.4) is 0 Å². The second-order valence-electron chi connectivity index (χ2n) is 4.30. The third-order valence-corrected chi connectivity index (χ3v) is 2.77. The van der Waals surface area contributed by atoms with Crippen LogP contribution in [0.5, 0.6) is 0 Å². The molecule has 1 atom stereocenters. The minimum absolute atomic E-state index is 0. The van der Waals surface area contributed by atoms with Crippen molar-refractivity contribution >= 4 is 0 Å². The van der Waals surface area contributed by atoms with E-state index in [0.717, 1.165) is 5.76 Å². The van der Waals surface area contributed by atoms with Gasteiger partial charge in [-0.15, -0.1) is 0 Å². The summed E-state index contributed by atoms with van der Waals surface area (Å²) in [4.78, 5) is 0. The zero-order valence-electron chi connectivity index (χ0n) is 8.29. The molecule has 0 spiro atoms. The van der Waals surface area contributed by atoms with Crippen molar-refractivity contribution in [2.75, 3.05) is 0 Å². The molecule has 0 amide bonds. The van der Waals surface area contributed by atoms with Gasteiger partial charge in [-0.1, -0.05) is 21.3 Å². The quantitative estimate of drug-likeness (QED) is 0.802. The molecule has 14 heavy (non-hydrogen) atoms. The van der Waals surface area contributed by atoms with E-state index in [1.54, 1.807) is 0 Å². The molecule has 0 unspecified atom stereocenters. The fraction of sp³-hybridized carbons (Fsp3) is 0.667. The summed E-state index contributed by atoms with van der Waals surface area (Å²) in [5.74, 6) is 2.17. The van der Waals surface area contributed by atoms with Gasteiger partial charge in [0.05, 0.1) is 12.3 Å². The van der Waals surface area contributed by atoms with Crippen LogP contribution in [-0.4, -0.2) is 0 Å². The van der Waals surface area contributed by atoms with E-state index >= 15 is 0 Å². The Hall–Kier alpha value is -0.760. The zero-order chi connectivity index (χ0) is 9.42. The van der Waals surface area contributed by atoms with Crippen molar-refractivity contribution < 1.29 is 4.42 Å². The molecular formula is C12H21NO. The summed E-state index contributed by atoms with van der Waals surface area (Å²) >= 11 is 0. The molecule has 2 nitrogen and oxygen atoms in total. The molecule has 0 bridgehead atoms. The molecule has 1 fully saturated rings. The van der Waals surface area contributed by atoms with E-state index in [9.17, 15) is 0 Å². The molecular weight excluding hydrogens is 174 g/mol. The summed E-state index contributed by atoms with van der Waals surface area (Å²) in [7, 11) is 0. The molecule has 1 aromatic heterocycles. The highest BCUT2D eigenvalue weighted by atomic mass is 16.3. The maximum atomic E-state index is 6.02. The Balaban J connectivity index is 0.000000980. The van der Waals surface area contributed by atoms with Crippen LogP contribution in [0.15, 0.2) is 16.7 Å². The molecule has 80 valence electrons. The highest BCUT2D eigenvalue weighted by molar-refractivity contribution is 5.19. The van der Waals surface area contributed by atoms with Crippen LogP contribution < -0.4 is 5.73 Å². The number of rotatable bonds is 3. The van der Waals surface area contributed by atoms with Crippen molar-refractivity contribution in [2.45, 2.75) is 46.1 Å². The summed E-state index contributed by atoms with van der Waals surface area (Å²) in [5.41, 5.74) is 7.28. The lowest BCUT2D eigenvalue weighted by molar-refractivity contribution is 0.441. The summed E-state index contributed by atoms with van der Waals surface area (Å²) < 4.78 is 5.46. The minimum Gasteiger partial charge on any atom is -0.467 e. The van der Waals surface area contributed by atoms with Gasteiger partial charge in [0.1, 0.15) is 5.76 Å². The molecule has 0 saturated heterocycles. The van der Waals surface area contributed by atoms with Gasteiger partial charge in [0.2, 0.25) is 0 Å². The molecule has 1 aliphatic rings. The Labute approximate surface area is 86.5 Å². The van der Waals surface area contributed by atoms with Gasteiger partial charge in [-0.2, -0.15) is 0 Å². The molecule has 0 radical (unpaired) electrons. The molecule has 1 saturated carbocycles. The first-order valence-corrected chi connectivity index (χ1v) is 5.02. The van der Waals surface area contributed by atoms with Crippen LogP contribution in [0.1, 0.15) is 57.4 Å². The van der Waals surface area contributed by atoms with E-state index in [1.165, 1.54) is 18.4 Å². The maximum Gasteiger partial charge on any atom is 0.121 e. The third kappa shape index (κ3) is 2.18. The number of nitrogens with two attached hydrogens (primary N) is 1. The average Bonchev–Trinajstić information content (AvgIpc) is 2.81. The van der Waals surface area contributed by atoms with Crippen LogP contribution in [-0.2, 0) is 0 Å². The predicted octanol–water partition coefficient (Wildman–Crippen LogP) is 3.45. The molecule has 0 aliphatic heterocycles. The first-order valence-electron chi connectivity index (χ1n) is 5.02. The van der Waals surface area contributed by atoms with E-state index in [4.69, 9.17) is 10.2 Å². The lowest BCUT2D eigenvalue weighted by Crippen LogP contribution is -2.11. The summed E-state index contributed by atoms with van der Waals surface area (Å²) in [6, 6.07) is 2.24. The van der Waals surface area contributed by atoms with Gasteiger partial charge < -0.3 is 10.2 Å². The smallest absolute Gasteiger partial charge is 0.121 e. The molecule has 2 N–H and O–H groups in total. The third-order valence-electron chi connectivity index (χ3n) is 2.77. The number of hydrogen-bond donors (Lipinski definition) is 1. The second-order valence-corrected chi connectivity index (χ2v) is 4.30. The van der Waals surface area contributed by atoms with E-state index < -0.39 is 0 Å². The number of furan rings is 1. The Morgan fingerprint density at radius 2 is 2.07 bits per heavy atom. The molecule has 2 rings (SSSR count). The number of hydrogen-bond acceptors (Lipinski definition) is 2. The molecule has 0 aromatic carbocycles. The highest BCUT2D eigenvalue weighted by Crippen LogP contribution is 2.40. The standard InChI is InChI=1S/C11H17NO.CH4/c1-7(2)9-5-10(13-6-9)11(12)8-3-4-8;/h5-8,11H,3-4,12H2,1-2H3;1H4/t11-;/m1./s1. The van der Waals surface area contributed by atoms with Crippen molar-refractivity contribution in [1.82, 2.24) is 0 Å². The van der Waals surface area contributed by atoms with Crippen molar-refractivity contribution in [2.24, 2.45) is 11.7 Å². The minimum atomic E-state index is 0. The van der Waals surface area contributed by atoms with Gasteiger partial charge in [0.25, 0.3) is 0 Å². The second kappa shape index (κ2) is 4.18. The summed E-state index contributed by atoms with van der Waals surface area (Å²) in [6.45, 7) is 4.33. The van der Waals surface area contributed by atoms with Gasteiger partial charge >= 0.3 is 0 Å². The molecule has 1 aliphatic carbocycles. The monoisotopic (exact) mass is 195 g/mol. The average molecular weight is 195 g/mol. The molecule has 1 heterocycles. The summed E-state index contributed by atoms with van der Waals surface area (Å²) in [6.07, 6.45) is 4.36. The first kappa shape index (κ1) is 11.3. The van der Waals surface area contributed by atoms with Gasteiger partial charge in [-0.25, -0.2) is 0 Å². The maximum absolute atomic E-state index is 6.02. The van der Waals surface area contributed by atoms with E-state index in [0.29, 0.717) is 11.8 Å². The Kier molecular flexibility index (Phi) is 3.38. The summed E-state index contributed by atoms with van der Waals surface area (Å²) in [5, 5.41) is 0. The normalized spacial score (nSPS) is 18.0. The predicted molar refractivity (Wildman–Crippen MR) is 59.2 cm³/mol. The van der Waals surface area contributed by atoms with Crippen molar-refractivity contribution in [3.05, 3.63) is 23.7 Å². The Morgan fingerprint density at radius 1 is 1.43 bits per heavy atom. The van der Waals surface area contributed by atoms with Crippen LogP contribution in [0.2, 0.25) is 0 Å². The first-order chi connectivity index (χ1) is 6.18. The van der Waals surface area contributed by atoms with Crippen molar-refractivity contribution in [3.8, 4) is 0 Å². The SMILES string of the molecule is C.CC(C)c1coc([C@H](N)C2CC2)c1. The largest absolute Gasteiger partial charge is 0.467 e. The van der Waals surface area contributed by atoms with E-state index in [1.807, 2.05) is 6.26 Å².